The zero-order valence-electron chi connectivity index (χ0n) is 18.3. The Hall–Kier alpha value is -4.11. The third-order valence-electron chi connectivity index (χ3n) is 5.08. The molecule has 1 heterocycles. The molecule has 35 heavy (non-hydrogen) atoms. The quantitative estimate of drug-likeness (QED) is 0.476. The molecule has 1 aliphatic rings. The van der Waals surface area contributed by atoms with E-state index < -0.39 is 22.5 Å². The van der Waals surface area contributed by atoms with Crippen LogP contribution in [-0.2, 0) is 10.0 Å². The molecule has 0 aliphatic heterocycles. The second-order valence-corrected chi connectivity index (χ2v) is 9.59. The van der Waals surface area contributed by atoms with Gasteiger partial charge in [-0.1, -0.05) is 24.3 Å². The zero-order chi connectivity index (χ0) is 25.2. The van der Waals surface area contributed by atoms with Crippen LogP contribution >= 0.6 is 0 Å². The SMILES string of the molecule is CS(=O)(=O)NC(=O)c1nc(C2CC2)cnc1Nc1cccc(-c2ccc(C#N)cc2)c1OC(F)F. The molecule has 2 N–H and O–H groups in total. The maximum absolute atomic E-state index is 13.3. The standard InChI is InChI=1S/C23H19F2N5O4S/c1-35(32,33)30-22(31)19-21(27-12-18(28-19)15-9-10-15)29-17-4-2-3-16(20(17)34-23(24)25)14-7-5-13(11-26)6-8-14/h2-8,12,15,23H,9-10H2,1H3,(H,27,29)(H,30,31). The fourth-order valence-corrected chi connectivity index (χ4v) is 3.81. The van der Waals surface area contributed by atoms with Crippen molar-refractivity contribution in [1.82, 2.24) is 14.7 Å². The number of nitrogens with zero attached hydrogens (tertiary/aromatic N) is 3. The number of ether oxygens (including phenoxy) is 1. The molecule has 0 saturated heterocycles. The van der Waals surface area contributed by atoms with E-state index in [1.54, 1.807) is 24.3 Å². The lowest BCUT2D eigenvalue weighted by Gasteiger charge is -2.18. The summed E-state index contributed by atoms with van der Waals surface area (Å²) in [6.07, 6.45) is 4.02. The first kappa shape index (κ1) is 24.0. The van der Waals surface area contributed by atoms with E-state index in [1.165, 1.54) is 24.4 Å². The van der Waals surface area contributed by atoms with E-state index in [9.17, 15) is 22.0 Å². The van der Waals surface area contributed by atoms with Crippen LogP contribution in [0.4, 0.5) is 20.3 Å². The summed E-state index contributed by atoms with van der Waals surface area (Å²) in [5.74, 6) is -1.25. The summed E-state index contributed by atoms with van der Waals surface area (Å²) in [7, 11) is -3.89. The van der Waals surface area contributed by atoms with Crippen molar-refractivity contribution in [3.63, 3.8) is 0 Å². The van der Waals surface area contributed by atoms with Gasteiger partial charge in [-0.15, -0.1) is 0 Å². The van der Waals surface area contributed by atoms with Gasteiger partial charge in [0.15, 0.2) is 17.3 Å². The third kappa shape index (κ3) is 5.88. The predicted octanol–water partition coefficient (Wildman–Crippen LogP) is 3.93. The van der Waals surface area contributed by atoms with Crippen LogP contribution in [0.15, 0.2) is 48.7 Å². The Labute approximate surface area is 199 Å². The second-order valence-electron chi connectivity index (χ2n) is 7.84. The van der Waals surface area contributed by atoms with E-state index in [0.29, 0.717) is 22.4 Å². The van der Waals surface area contributed by atoms with E-state index in [2.05, 4.69) is 15.3 Å². The largest absolute Gasteiger partial charge is 0.432 e. The second kappa shape index (κ2) is 9.63. The predicted molar refractivity (Wildman–Crippen MR) is 123 cm³/mol. The maximum Gasteiger partial charge on any atom is 0.387 e. The van der Waals surface area contributed by atoms with Crippen LogP contribution in [0.3, 0.4) is 0 Å². The summed E-state index contributed by atoms with van der Waals surface area (Å²) >= 11 is 0. The highest BCUT2D eigenvalue weighted by Gasteiger charge is 2.29. The first-order valence-corrected chi connectivity index (χ1v) is 12.3. The number of para-hydroxylation sites is 1. The number of carbonyl (C=O) groups is 1. The van der Waals surface area contributed by atoms with Crippen molar-refractivity contribution in [2.24, 2.45) is 0 Å². The monoisotopic (exact) mass is 499 g/mol. The summed E-state index contributed by atoms with van der Waals surface area (Å²) in [6.45, 7) is -3.16. The number of amides is 1. The molecular formula is C23H19F2N5O4S. The van der Waals surface area contributed by atoms with Crippen LogP contribution in [0.5, 0.6) is 5.75 Å². The average Bonchev–Trinajstić information content (AvgIpc) is 3.64. The number of carbonyl (C=O) groups excluding carboxylic acids is 1. The molecule has 1 fully saturated rings. The normalized spacial score (nSPS) is 13.2. The molecule has 12 heteroatoms. The van der Waals surface area contributed by atoms with E-state index in [0.717, 1.165) is 19.1 Å². The van der Waals surface area contributed by atoms with Crippen LogP contribution < -0.4 is 14.8 Å². The van der Waals surface area contributed by atoms with Gasteiger partial charge in [0, 0.05) is 11.5 Å². The summed E-state index contributed by atoms with van der Waals surface area (Å²) in [4.78, 5) is 21.2. The third-order valence-corrected chi connectivity index (χ3v) is 5.64. The Bertz CT molecular complexity index is 1420. The lowest BCUT2D eigenvalue weighted by Crippen LogP contribution is -2.31. The van der Waals surface area contributed by atoms with Gasteiger partial charge in [-0.3, -0.25) is 4.79 Å². The summed E-state index contributed by atoms with van der Waals surface area (Å²) in [6, 6.07) is 12.8. The molecule has 9 nitrogen and oxygen atoms in total. The molecule has 2 aromatic carbocycles. The number of halogens is 2. The molecular weight excluding hydrogens is 480 g/mol. The Morgan fingerprint density at radius 2 is 1.91 bits per heavy atom. The number of hydrogen-bond acceptors (Lipinski definition) is 8. The molecule has 1 amide bonds. The number of anilines is 2. The molecule has 3 aromatic rings. The number of alkyl halides is 2. The van der Waals surface area contributed by atoms with E-state index in [4.69, 9.17) is 10.00 Å². The van der Waals surface area contributed by atoms with Crippen molar-refractivity contribution in [1.29, 1.82) is 5.26 Å². The lowest BCUT2D eigenvalue weighted by atomic mass is 10.0. The van der Waals surface area contributed by atoms with Crippen molar-refractivity contribution < 1.29 is 26.7 Å². The topological polar surface area (TPSA) is 134 Å². The Balaban J connectivity index is 1.77. The van der Waals surface area contributed by atoms with Gasteiger partial charge in [-0.2, -0.15) is 14.0 Å². The van der Waals surface area contributed by atoms with Crippen LogP contribution in [0.25, 0.3) is 11.1 Å². The molecule has 0 atom stereocenters. The lowest BCUT2D eigenvalue weighted by molar-refractivity contribution is -0.0489. The van der Waals surface area contributed by atoms with Gasteiger partial charge in [0.1, 0.15) is 0 Å². The molecule has 1 aromatic heterocycles. The smallest absolute Gasteiger partial charge is 0.387 e. The number of nitrogens with one attached hydrogen (secondary N) is 2. The first-order valence-electron chi connectivity index (χ1n) is 10.4. The van der Waals surface area contributed by atoms with Gasteiger partial charge in [0.05, 0.1) is 35.5 Å². The number of benzene rings is 2. The summed E-state index contributed by atoms with van der Waals surface area (Å²) in [5.41, 5.74) is 1.48. The highest BCUT2D eigenvalue weighted by atomic mass is 32.2. The molecule has 0 unspecified atom stereocenters. The summed E-state index contributed by atoms with van der Waals surface area (Å²) < 4.78 is 56.6. The number of rotatable bonds is 8. The molecule has 0 bridgehead atoms. The maximum atomic E-state index is 13.3. The van der Waals surface area contributed by atoms with Gasteiger partial charge < -0.3 is 10.1 Å². The highest BCUT2D eigenvalue weighted by Crippen LogP contribution is 2.41. The Morgan fingerprint density at radius 3 is 2.51 bits per heavy atom. The van der Waals surface area contributed by atoms with Crippen LogP contribution in [0.2, 0.25) is 0 Å². The Kier molecular flexibility index (Phi) is 6.61. The van der Waals surface area contributed by atoms with Crippen LogP contribution in [0, 0.1) is 11.3 Å². The number of hydrogen-bond donors (Lipinski definition) is 2. The fraction of sp³-hybridized carbons (Fsp3) is 0.217. The molecule has 0 radical (unpaired) electrons. The van der Waals surface area contributed by atoms with Gasteiger partial charge in [0.2, 0.25) is 10.0 Å². The number of sulfonamides is 1. The molecule has 180 valence electrons. The molecule has 1 saturated carbocycles. The minimum absolute atomic E-state index is 0.0500. The van der Waals surface area contributed by atoms with Gasteiger partial charge in [-0.05, 0) is 36.6 Å². The van der Waals surface area contributed by atoms with Crippen molar-refractivity contribution in [2.75, 3.05) is 11.6 Å². The van der Waals surface area contributed by atoms with Crippen LogP contribution in [-0.4, -0.2) is 37.2 Å². The number of nitriles is 1. The minimum atomic E-state index is -3.89. The molecule has 1 aliphatic carbocycles. The van der Waals surface area contributed by atoms with E-state index in [1.807, 2.05) is 10.8 Å². The average molecular weight is 499 g/mol. The zero-order valence-corrected chi connectivity index (χ0v) is 19.1. The van der Waals surface area contributed by atoms with Gasteiger partial charge in [0.25, 0.3) is 5.91 Å². The van der Waals surface area contributed by atoms with Gasteiger partial charge in [-0.25, -0.2) is 23.1 Å². The highest BCUT2D eigenvalue weighted by molar-refractivity contribution is 7.89. The van der Waals surface area contributed by atoms with Crippen molar-refractivity contribution >= 4 is 27.4 Å². The molecule has 0 spiro atoms. The van der Waals surface area contributed by atoms with Gasteiger partial charge >= 0.3 is 6.61 Å². The van der Waals surface area contributed by atoms with Crippen molar-refractivity contribution in [3.05, 3.63) is 65.6 Å². The first-order chi connectivity index (χ1) is 16.6. The number of aromatic nitrogens is 2. The summed E-state index contributed by atoms with van der Waals surface area (Å²) in [5, 5.41) is 11.8. The Morgan fingerprint density at radius 1 is 1.20 bits per heavy atom. The van der Waals surface area contributed by atoms with E-state index in [-0.39, 0.29) is 28.9 Å². The van der Waals surface area contributed by atoms with Crippen molar-refractivity contribution in [3.8, 4) is 22.9 Å². The fourth-order valence-electron chi connectivity index (χ4n) is 3.38. The van der Waals surface area contributed by atoms with E-state index >= 15 is 0 Å². The van der Waals surface area contributed by atoms with Crippen LogP contribution in [0.1, 0.15) is 40.5 Å². The van der Waals surface area contributed by atoms with Crippen molar-refractivity contribution in [2.45, 2.75) is 25.4 Å². The minimum Gasteiger partial charge on any atom is -0.432 e. The molecule has 4 rings (SSSR count).